The number of unbranched alkanes of at least 4 members (excludes halogenated alkanes) is 2. The molecule has 0 aromatic heterocycles. The van der Waals surface area contributed by atoms with Crippen molar-refractivity contribution in [2.45, 2.75) is 91.2 Å². The summed E-state index contributed by atoms with van der Waals surface area (Å²) in [5.74, 6) is -0.970. The molecule has 0 aromatic carbocycles. The van der Waals surface area contributed by atoms with Crippen LogP contribution in [0.4, 0.5) is 0 Å². The molecule has 0 rings (SSSR count). The number of carboxylic acid groups (broad SMARTS) is 1. The molecule has 2 unspecified atom stereocenters. The standard InChI is InChI=1S/C20H39NO3/c1-5-9-12-13-14-18(22)17-21(15-10-6-2,16-11-7-3)19(8-4)20(23)24/h9,12,18-19,22H,5-8,10-11,13-17H2,1-4H3/b12-9+. The van der Waals surface area contributed by atoms with E-state index in [1.54, 1.807) is 0 Å². The van der Waals surface area contributed by atoms with Crippen LogP contribution in [0.5, 0.6) is 0 Å². The molecule has 0 aliphatic carbocycles. The normalized spacial score (nSPS) is 14.9. The van der Waals surface area contributed by atoms with E-state index in [0.29, 0.717) is 23.9 Å². The fraction of sp³-hybridized carbons (Fsp3) is 0.850. The van der Waals surface area contributed by atoms with Crippen molar-refractivity contribution >= 4 is 5.97 Å². The number of aliphatic carboxylic acids is 1. The van der Waals surface area contributed by atoms with Gasteiger partial charge >= 0.3 is 0 Å². The lowest BCUT2D eigenvalue weighted by Crippen LogP contribution is -2.64. The summed E-state index contributed by atoms with van der Waals surface area (Å²) in [6.07, 6.45) is 10.9. The smallest absolute Gasteiger partial charge is 0.129 e. The second-order valence-corrected chi connectivity index (χ2v) is 6.91. The predicted molar refractivity (Wildman–Crippen MR) is 98.4 cm³/mol. The average molecular weight is 342 g/mol. The third-order valence-corrected chi connectivity index (χ3v) is 4.88. The number of nitrogens with zero attached hydrogens (tertiary/aromatic N) is 1. The van der Waals surface area contributed by atoms with Gasteiger partial charge in [0.25, 0.3) is 0 Å². The monoisotopic (exact) mass is 341 g/mol. The number of allylic oxidation sites excluding steroid dienone is 2. The maximum atomic E-state index is 11.8. The molecule has 0 saturated carbocycles. The minimum absolute atomic E-state index is 0.464. The zero-order chi connectivity index (χ0) is 18.4. The van der Waals surface area contributed by atoms with Gasteiger partial charge in [0.05, 0.1) is 19.1 Å². The Bertz CT molecular complexity index is 347. The topological polar surface area (TPSA) is 60.4 Å². The summed E-state index contributed by atoms with van der Waals surface area (Å²) in [6.45, 7) is 10.4. The first kappa shape index (κ1) is 23.1. The molecular formula is C20H39NO3. The maximum Gasteiger partial charge on any atom is 0.129 e. The number of quaternary nitrogens is 1. The Morgan fingerprint density at radius 3 is 2.08 bits per heavy atom. The number of aliphatic hydroxyl groups excluding tert-OH is 1. The van der Waals surface area contributed by atoms with E-state index < -0.39 is 18.1 Å². The van der Waals surface area contributed by atoms with Gasteiger partial charge in [-0.3, -0.25) is 0 Å². The number of carbonyl (C=O) groups is 1. The molecule has 0 heterocycles. The number of hydrogen-bond acceptors (Lipinski definition) is 3. The number of aliphatic hydroxyl groups is 1. The maximum absolute atomic E-state index is 11.8. The van der Waals surface area contributed by atoms with Crippen molar-refractivity contribution in [3.8, 4) is 0 Å². The lowest BCUT2D eigenvalue weighted by molar-refractivity contribution is -0.948. The third kappa shape index (κ3) is 8.29. The van der Waals surface area contributed by atoms with Crippen molar-refractivity contribution < 1.29 is 19.5 Å². The van der Waals surface area contributed by atoms with Crippen molar-refractivity contribution in [2.75, 3.05) is 19.6 Å². The van der Waals surface area contributed by atoms with Crippen molar-refractivity contribution in [1.82, 2.24) is 0 Å². The van der Waals surface area contributed by atoms with Gasteiger partial charge in [-0.2, -0.15) is 0 Å². The number of carboxylic acids is 1. The minimum Gasteiger partial charge on any atom is -0.544 e. The van der Waals surface area contributed by atoms with Crippen molar-refractivity contribution in [3.63, 3.8) is 0 Å². The molecular weight excluding hydrogens is 302 g/mol. The average Bonchev–Trinajstić information content (AvgIpc) is 2.55. The van der Waals surface area contributed by atoms with Crippen LogP contribution in [0.15, 0.2) is 12.2 Å². The molecule has 1 N–H and O–H groups in total. The van der Waals surface area contributed by atoms with Gasteiger partial charge < -0.3 is 19.5 Å². The second kappa shape index (κ2) is 13.4. The number of hydrogen-bond donors (Lipinski definition) is 1. The quantitative estimate of drug-likeness (QED) is 0.368. The molecule has 0 amide bonds. The summed E-state index contributed by atoms with van der Waals surface area (Å²) in [5.41, 5.74) is 0. The van der Waals surface area contributed by atoms with E-state index in [2.05, 4.69) is 32.9 Å². The highest BCUT2D eigenvalue weighted by atomic mass is 16.4. The van der Waals surface area contributed by atoms with Gasteiger partial charge in [-0.15, -0.1) is 0 Å². The molecule has 0 bridgehead atoms. The van der Waals surface area contributed by atoms with Crippen LogP contribution in [0.2, 0.25) is 0 Å². The molecule has 4 nitrogen and oxygen atoms in total. The third-order valence-electron chi connectivity index (χ3n) is 4.88. The summed E-state index contributed by atoms with van der Waals surface area (Å²) in [7, 11) is 0. The van der Waals surface area contributed by atoms with E-state index in [1.165, 1.54) is 0 Å². The van der Waals surface area contributed by atoms with Gasteiger partial charge in [-0.1, -0.05) is 52.7 Å². The van der Waals surface area contributed by atoms with Crippen LogP contribution >= 0.6 is 0 Å². The highest BCUT2D eigenvalue weighted by Crippen LogP contribution is 2.22. The van der Waals surface area contributed by atoms with E-state index in [9.17, 15) is 15.0 Å². The highest BCUT2D eigenvalue weighted by molar-refractivity contribution is 5.69. The van der Waals surface area contributed by atoms with Crippen molar-refractivity contribution in [3.05, 3.63) is 12.2 Å². The molecule has 0 aromatic rings. The van der Waals surface area contributed by atoms with Gasteiger partial charge in [-0.05, 0) is 32.1 Å². The van der Waals surface area contributed by atoms with Crippen molar-refractivity contribution in [2.24, 2.45) is 0 Å². The summed E-state index contributed by atoms with van der Waals surface area (Å²) < 4.78 is 0.471. The van der Waals surface area contributed by atoms with E-state index >= 15 is 0 Å². The lowest BCUT2D eigenvalue weighted by Gasteiger charge is -2.46. The Morgan fingerprint density at radius 1 is 1.08 bits per heavy atom. The van der Waals surface area contributed by atoms with E-state index in [1.807, 2.05) is 6.92 Å². The van der Waals surface area contributed by atoms with Crippen LogP contribution < -0.4 is 5.11 Å². The summed E-state index contributed by atoms with van der Waals surface area (Å²) >= 11 is 0. The van der Waals surface area contributed by atoms with Gasteiger partial charge in [0.15, 0.2) is 0 Å². The fourth-order valence-corrected chi connectivity index (χ4v) is 3.54. The predicted octanol–water partition coefficient (Wildman–Crippen LogP) is 3.04. The Hall–Kier alpha value is -0.870. The molecule has 4 heteroatoms. The van der Waals surface area contributed by atoms with E-state index in [4.69, 9.17) is 0 Å². The largest absolute Gasteiger partial charge is 0.544 e. The second-order valence-electron chi connectivity index (χ2n) is 6.91. The van der Waals surface area contributed by atoms with Gasteiger partial charge in [0.2, 0.25) is 0 Å². The molecule has 24 heavy (non-hydrogen) atoms. The molecule has 0 fully saturated rings. The molecule has 2 atom stereocenters. The van der Waals surface area contributed by atoms with Gasteiger partial charge in [0.1, 0.15) is 18.7 Å². The number of rotatable bonds is 15. The fourth-order valence-electron chi connectivity index (χ4n) is 3.54. The molecule has 0 saturated heterocycles. The Labute approximate surface area is 149 Å². The van der Waals surface area contributed by atoms with Gasteiger partial charge in [-0.25, -0.2) is 0 Å². The van der Waals surface area contributed by atoms with Crippen molar-refractivity contribution in [1.29, 1.82) is 0 Å². The van der Waals surface area contributed by atoms with Crippen LogP contribution in [0.3, 0.4) is 0 Å². The molecule has 0 radical (unpaired) electrons. The highest BCUT2D eigenvalue weighted by Gasteiger charge is 2.37. The summed E-state index contributed by atoms with van der Waals surface area (Å²) in [6, 6.07) is -0.524. The van der Waals surface area contributed by atoms with Crippen LogP contribution in [0.25, 0.3) is 0 Å². The Balaban J connectivity index is 5.21. The first-order chi connectivity index (χ1) is 11.5. The Morgan fingerprint density at radius 2 is 1.67 bits per heavy atom. The van der Waals surface area contributed by atoms with Crippen LogP contribution in [-0.4, -0.2) is 47.3 Å². The Kier molecular flexibility index (Phi) is 12.9. The minimum atomic E-state index is -0.970. The van der Waals surface area contributed by atoms with E-state index in [0.717, 1.165) is 51.6 Å². The summed E-state index contributed by atoms with van der Waals surface area (Å²) in [4.78, 5) is 11.8. The van der Waals surface area contributed by atoms with E-state index in [-0.39, 0.29) is 0 Å². The SMILES string of the molecule is CC/C=C/CCC(O)C[N+](CCCC)(CCCC)C(CC)C(=O)[O-]. The molecule has 142 valence electrons. The van der Waals surface area contributed by atoms with Crippen LogP contribution in [-0.2, 0) is 4.79 Å². The number of carbonyl (C=O) groups excluding carboxylic acids is 1. The zero-order valence-corrected chi connectivity index (χ0v) is 16.3. The van der Waals surface area contributed by atoms with Crippen LogP contribution in [0, 0.1) is 0 Å². The summed E-state index contributed by atoms with van der Waals surface area (Å²) in [5, 5.41) is 22.3. The molecule has 0 aliphatic rings. The molecule has 0 aliphatic heterocycles. The zero-order valence-electron chi connectivity index (χ0n) is 16.3. The van der Waals surface area contributed by atoms with Crippen LogP contribution in [0.1, 0.15) is 79.1 Å². The first-order valence-corrected chi connectivity index (χ1v) is 9.87. The molecule has 0 spiro atoms. The first-order valence-electron chi connectivity index (χ1n) is 9.87. The van der Waals surface area contributed by atoms with Gasteiger partial charge in [0, 0.05) is 6.42 Å². The lowest BCUT2D eigenvalue weighted by atomic mass is 10.0.